The molecular formula is C12H15ClN2OS. The lowest BCUT2D eigenvalue weighted by Gasteiger charge is -2.21. The molecule has 0 fully saturated rings. The predicted octanol–water partition coefficient (Wildman–Crippen LogP) is 3.84. The predicted molar refractivity (Wildman–Crippen MR) is 71.9 cm³/mol. The Bertz CT molecular complexity index is 577. The van der Waals surface area contributed by atoms with Crippen molar-refractivity contribution in [2.75, 3.05) is 7.11 Å². The molecule has 0 saturated carbocycles. The third-order valence-electron chi connectivity index (χ3n) is 3.03. The summed E-state index contributed by atoms with van der Waals surface area (Å²) in [7, 11) is 1.65. The molecule has 0 spiro atoms. The van der Waals surface area contributed by atoms with E-state index in [-0.39, 0.29) is 0 Å². The summed E-state index contributed by atoms with van der Waals surface area (Å²) in [6.07, 6.45) is 0. The van der Waals surface area contributed by atoms with Crippen molar-refractivity contribution in [1.29, 1.82) is 0 Å². The summed E-state index contributed by atoms with van der Waals surface area (Å²) in [5, 5.41) is 1.47. The van der Waals surface area contributed by atoms with E-state index < -0.39 is 5.60 Å². The molecule has 17 heavy (non-hydrogen) atoms. The van der Waals surface area contributed by atoms with Crippen molar-refractivity contribution in [1.82, 2.24) is 9.97 Å². The molecule has 0 unspecified atom stereocenters. The smallest absolute Gasteiger partial charge is 0.162 e. The van der Waals surface area contributed by atoms with Crippen molar-refractivity contribution in [3.8, 4) is 0 Å². The minimum absolute atomic E-state index is 0.511. The molecule has 2 rings (SSSR count). The highest BCUT2D eigenvalue weighted by atomic mass is 35.5. The largest absolute Gasteiger partial charge is 0.371 e. The third-order valence-corrected chi connectivity index (χ3v) is 4.41. The van der Waals surface area contributed by atoms with Gasteiger partial charge >= 0.3 is 0 Å². The molecule has 0 aromatic carbocycles. The molecule has 5 heteroatoms. The molecule has 0 aliphatic carbocycles. The first-order valence-corrected chi connectivity index (χ1v) is 6.55. The molecule has 0 aliphatic heterocycles. The van der Waals surface area contributed by atoms with Crippen LogP contribution in [0.15, 0.2) is 0 Å². The van der Waals surface area contributed by atoms with Crippen LogP contribution >= 0.6 is 22.9 Å². The summed E-state index contributed by atoms with van der Waals surface area (Å²) >= 11 is 7.89. The number of rotatable bonds is 2. The molecule has 0 radical (unpaired) electrons. The number of hydrogen-bond acceptors (Lipinski definition) is 4. The zero-order chi connectivity index (χ0) is 12.8. The normalized spacial score (nSPS) is 12.4. The molecule has 0 bridgehead atoms. The molecule has 0 saturated heterocycles. The first-order chi connectivity index (χ1) is 7.86. The zero-order valence-corrected chi connectivity index (χ0v) is 12.2. The average Bonchev–Trinajstić information content (AvgIpc) is 2.55. The highest BCUT2D eigenvalue weighted by Gasteiger charge is 2.25. The van der Waals surface area contributed by atoms with Crippen LogP contribution in [0.5, 0.6) is 0 Å². The number of thiophene rings is 1. The molecule has 2 heterocycles. The lowest BCUT2D eigenvalue weighted by Crippen LogP contribution is -2.22. The van der Waals surface area contributed by atoms with Gasteiger partial charge in [0.15, 0.2) is 5.82 Å². The molecule has 0 N–H and O–H groups in total. The van der Waals surface area contributed by atoms with Gasteiger partial charge in [-0.2, -0.15) is 0 Å². The van der Waals surface area contributed by atoms with Gasteiger partial charge in [-0.05, 0) is 33.3 Å². The first kappa shape index (κ1) is 12.7. The van der Waals surface area contributed by atoms with Crippen LogP contribution in [0.2, 0.25) is 5.15 Å². The van der Waals surface area contributed by atoms with Gasteiger partial charge < -0.3 is 4.74 Å². The van der Waals surface area contributed by atoms with Gasteiger partial charge in [0.05, 0.1) is 5.39 Å². The standard InChI is InChI=1S/C12H15ClN2OS/c1-6-7(2)17-10-8(6)9(13)14-11(15-10)12(3,4)16-5/h1-5H3. The van der Waals surface area contributed by atoms with Crippen LogP contribution in [-0.4, -0.2) is 17.1 Å². The molecule has 0 amide bonds. The van der Waals surface area contributed by atoms with Gasteiger partial charge in [-0.15, -0.1) is 11.3 Å². The van der Waals surface area contributed by atoms with Crippen molar-refractivity contribution < 1.29 is 4.74 Å². The topological polar surface area (TPSA) is 35.0 Å². The molecule has 2 aromatic rings. The van der Waals surface area contributed by atoms with Crippen molar-refractivity contribution in [2.45, 2.75) is 33.3 Å². The Balaban J connectivity index is 2.72. The van der Waals surface area contributed by atoms with E-state index in [4.69, 9.17) is 16.3 Å². The van der Waals surface area contributed by atoms with Crippen LogP contribution in [0.1, 0.15) is 30.1 Å². The number of hydrogen-bond donors (Lipinski definition) is 0. The van der Waals surface area contributed by atoms with Gasteiger partial charge in [0.25, 0.3) is 0 Å². The van der Waals surface area contributed by atoms with Crippen molar-refractivity contribution in [3.63, 3.8) is 0 Å². The van der Waals surface area contributed by atoms with Crippen LogP contribution in [0.3, 0.4) is 0 Å². The molecule has 2 aromatic heterocycles. The first-order valence-electron chi connectivity index (χ1n) is 5.35. The fraction of sp³-hybridized carbons (Fsp3) is 0.500. The van der Waals surface area contributed by atoms with E-state index >= 15 is 0 Å². The lowest BCUT2D eigenvalue weighted by molar-refractivity contribution is 0.0118. The Morgan fingerprint density at radius 2 is 1.88 bits per heavy atom. The minimum Gasteiger partial charge on any atom is -0.371 e. The summed E-state index contributed by atoms with van der Waals surface area (Å²) < 4.78 is 5.39. The maximum absolute atomic E-state index is 6.24. The maximum atomic E-state index is 6.24. The van der Waals surface area contributed by atoms with Crippen LogP contribution in [0.4, 0.5) is 0 Å². The number of fused-ring (bicyclic) bond motifs is 1. The monoisotopic (exact) mass is 270 g/mol. The molecule has 0 atom stereocenters. The fourth-order valence-electron chi connectivity index (χ4n) is 1.56. The van der Waals surface area contributed by atoms with E-state index in [0.29, 0.717) is 11.0 Å². The second kappa shape index (κ2) is 4.19. The summed E-state index contributed by atoms with van der Waals surface area (Å²) in [5.74, 6) is 0.624. The second-order valence-corrected chi connectivity index (χ2v) is 6.08. The Morgan fingerprint density at radius 3 is 2.47 bits per heavy atom. The van der Waals surface area contributed by atoms with Crippen molar-refractivity contribution in [2.24, 2.45) is 0 Å². The molecule has 3 nitrogen and oxygen atoms in total. The number of methoxy groups -OCH3 is 1. The molecular weight excluding hydrogens is 256 g/mol. The van der Waals surface area contributed by atoms with Gasteiger partial charge in [-0.3, -0.25) is 0 Å². The Morgan fingerprint density at radius 1 is 1.24 bits per heavy atom. The van der Waals surface area contributed by atoms with E-state index in [1.165, 1.54) is 4.88 Å². The number of aryl methyl sites for hydroxylation is 2. The summed E-state index contributed by atoms with van der Waals surface area (Å²) in [6.45, 7) is 7.97. The highest BCUT2D eigenvalue weighted by Crippen LogP contribution is 2.34. The van der Waals surface area contributed by atoms with Crippen molar-refractivity contribution >= 4 is 33.2 Å². The zero-order valence-electron chi connectivity index (χ0n) is 10.6. The molecule has 92 valence electrons. The summed E-state index contributed by atoms with van der Waals surface area (Å²) in [4.78, 5) is 11.1. The van der Waals surface area contributed by atoms with Crippen LogP contribution in [0, 0.1) is 13.8 Å². The van der Waals surface area contributed by atoms with E-state index in [1.54, 1.807) is 18.4 Å². The van der Waals surface area contributed by atoms with Gasteiger partial charge in [0.2, 0.25) is 0 Å². The summed E-state index contributed by atoms with van der Waals surface area (Å²) in [6, 6.07) is 0. The van der Waals surface area contributed by atoms with Crippen molar-refractivity contribution in [3.05, 3.63) is 21.4 Å². The lowest BCUT2D eigenvalue weighted by atomic mass is 10.1. The Hall–Kier alpha value is -0.710. The third kappa shape index (κ3) is 2.05. The van der Waals surface area contributed by atoms with Crippen LogP contribution in [-0.2, 0) is 10.3 Å². The van der Waals surface area contributed by atoms with Crippen LogP contribution in [0.25, 0.3) is 10.2 Å². The SMILES string of the molecule is COC(C)(C)c1nc(Cl)c2c(C)c(C)sc2n1. The minimum atomic E-state index is -0.524. The maximum Gasteiger partial charge on any atom is 0.162 e. The van der Waals surface area contributed by atoms with Crippen LogP contribution < -0.4 is 0 Å². The Kier molecular flexibility index (Phi) is 3.14. The second-order valence-electron chi connectivity index (χ2n) is 4.52. The van der Waals surface area contributed by atoms with E-state index in [9.17, 15) is 0 Å². The average molecular weight is 271 g/mol. The van der Waals surface area contributed by atoms with E-state index in [1.807, 2.05) is 20.8 Å². The van der Waals surface area contributed by atoms with E-state index in [0.717, 1.165) is 15.8 Å². The van der Waals surface area contributed by atoms with E-state index in [2.05, 4.69) is 16.9 Å². The number of halogens is 1. The molecule has 0 aliphatic rings. The quantitative estimate of drug-likeness (QED) is 0.778. The number of aromatic nitrogens is 2. The van der Waals surface area contributed by atoms with Gasteiger partial charge in [0.1, 0.15) is 15.6 Å². The highest BCUT2D eigenvalue weighted by molar-refractivity contribution is 7.18. The van der Waals surface area contributed by atoms with Gasteiger partial charge in [0, 0.05) is 12.0 Å². The summed E-state index contributed by atoms with van der Waals surface area (Å²) in [5.41, 5.74) is 0.640. The van der Waals surface area contributed by atoms with Gasteiger partial charge in [-0.25, -0.2) is 9.97 Å². The van der Waals surface area contributed by atoms with Gasteiger partial charge in [-0.1, -0.05) is 11.6 Å². The number of ether oxygens (including phenoxy) is 1. The fourth-order valence-corrected chi connectivity index (χ4v) is 2.96. The Labute approximate surface area is 110 Å². The number of nitrogens with zero attached hydrogens (tertiary/aromatic N) is 2.